The first-order chi connectivity index (χ1) is 10.9. The highest BCUT2D eigenvalue weighted by atomic mass is 35.5. The van der Waals surface area contributed by atoms with Gasteiger partial charge in [-0.1, -0.05) is 17.7 Å². The highest BCUT2D eigenvalue weighted by Gasteiger charge is 2.27. The smallest absolute Gasteiger partial charge is 0.214 e. The van der Waals surface area contributed by atoms with Crippen LogP contribution in [0.4, 0.5) is 0 Å². The topological polar surface area (TPSA) is 62.0 Å². The Labute approximate surface area is 142 Å². The summed E-state index contributed by atoms with van der Waals surface area (Å²) in [6.45, 7) is 3.42. The number of aromatic nitrogens is 1. The van der Waals surface area contributed by atoms with Gasteiger partial charge < -0.3 is 4.98 Å². The van der Waals surface area contributed by atoms with Crippen molar-refractivity contribution in [2.75, 3.05) is 0 Å². The molecule has 0 radical (unpaired) electrons. The zero-order chi connectivity index (χ0) is 16.6. The van der Waals surface area contributed by atoms with E-state index in [1.807, 2.05) is 18.2 Å². The van der Waals surface area contributed by atoms with Crippen molar-refractivity contribution in [1.82, 2.24) is 9.71 Å². The number of fused-ring (bicyclic) bond motifs is 1. The zero-order valence-electron chi connectivity index (χ0n) is 13.5. The van der Waals surface area contributed by atoms with Gasteiger partial charge in [0.1, 0.15) is 0 Å². The molecule has 23 heavy (non-hydrogen) atoms. The lowest BCUT2D eigenvalue weighted by Crippen LogP contribution is -2.40. The van der Waals surface area contributed by atoms with Gasteiger partial charge in [0.25, 0.3) is 0 Å². The van der Waals surface area contributed by atoms with Gasteiger partial charge in [-0.05, 0) is 63.6 Å². The third-order valence-corrected chi connectivity index (χ3v) is 6.98. The molecule has 1 fully saturated rings. The van der Waals surface area contributed by atoms with Gasteiger partial charge >= 0.3 is 0 Å². The van der Waals surface area contributed by atoms with Gasteiger partial charge in [-0.3, -0.25) is 0 Å². The standard InChI is InChI=1S/C17H23ClN2O2S/c1-11(2)23(21,22)20-13-8-6-12(7-9-13)17-10-14-15(18)4-3-5-16(14)19-17/h3-5,10-13,19-20H,6-9H2,1-2H3. The fraction of sp³-hybridized carbons (Fsp3) is 0.529. The summed E-state index contributed by atoms with van der Waals surface area (Å²) in [7, 11) is -3.18. The molecule has 3 rings (SSSR count). The maximum Gasteiger partial charge on any atom is 0.214 e. The van der Waals surface area contributed by atoms with Crippen molar-refractivity contribution < 1.29 is 8.42 Å². The number of hydrogen-bond acceptors (Lipinski definition) is 2. The van der Waals surface area contributed by atoms with Crippen molar-refractivity contribution in [3.05, 3.63) is 35.0 Å². The second kappa shape index (κ2) is 6.46. The molecule has 0 amide bonds. The summed E-state index contributed by atoms with van der Waals surface area (Å²) >= 11 is 6.24. The van der Waals surface area contributed by atoms with Gasteiger partial charge in [0.15, 0.2) is 0 Å². The van der Waals surface area contributed by atoms with Crippen LogP contribution in [-0.4, -0.2) is 24.7 Å². The minimum atomic E-state index is -3.18. The molecule has 1 aromatic heterocycles. The second-order valence-electron chi connectivity index (χ2n) is 6.69. The van der Waals surface area contributed by atoms with E-state index in [1.54, 1.807) is 13.8 Å². The van der Waals surface area contributed by atoms with Crippen LogP contribution in [0.1, 0.15) is 51.1 Å². The maximum atomic E-state index is 12.0. The summed E-state index contributed by atoms with van der Waals surface area (Å²) < 4.78 is 26.8. The summed E-state index contributed by atoms with van der Waals surface area (Å²) in [5.41, 5.74) is 2.27. The molecular formula is C17H23ClN2O2S. The Hall–Kier alpha value is -1.04. The van der Waals surface area contributed by atoms with E-state index in [4.69, 9.17) is 11.6 Å². The quantitative estimate of drug-likeness (QED) is 0.865. The summed E-state index contributed by atoms with van der Waals surface area (Å²) in [5.74, 6) is 0.443. The number of benzene rings is 1. The predicted octanol–water partition coefficient (Wildman–Crippen LogP) is 4.18. The molecule has 0 atom stereocenters. The molecule has 1 saturated carbocycles. The monoisotopic (exact) mass is 354 g/mol. The van der Waals surface area contributed by atoms with Crippen LogP contribution < -0.4 is 4.72 Å². The van der Waals surface area contributed by atoms with E-state index in [9.17, 15) is 8.42 Å². The minimum absolute atomic E-state index is 0.0617. The maximum absolute atomic E-state index is 12.0. The van der Waals surface area contributed by atoms with Crippen LogP contribution in [0.15, 0.2) is 24.3 Å². The van der Waals surface area contributed by atoms with Crippen LogP contribution in [0.25, 0.3) is 10.9 Å². The normalized spacial score (nSPS) is 22.8. The lowest BCUT2D eigenvalue weighted by atomic mass is 9.84. The number of rotatable bonds is 4. The van der Waals surface area contributed by atoms with E-state index in [-0.39, 0.29) is 11.3 Å². The van der Waals surface area contributed by atoms with E-state index in [0.29, 0.717) is 5.92 Å². The van der Waals surface area contributed by atoms with Gasteiger partial charge in [0, 0.05) is 27.7 Å². The highest BCUT2D eigenvalue weighted by Crippen LogP contribution is 2.35. The average molecular weight is 355 g/mol. The molecule has 1 aliphatic rings. The Morgan fingerprint density at radius 3 is 2.52 bits per heavy atom. The number of sulfonamides is 1. The Bertz CT molecular complexity index is 790. The molecule has 4 nitrogen and oxygen atoms in total. The van der Waals surface area contributed by atoms with Crippen molar-refractivity contribution in [3.8, 4) is 0 Å². The third kappa shape index (κ3) is 3.57. The second-order valence-corrected chi connectivity index (χ2v) is 9.36. The molecule has 0 unspecified atom stereocenters. The summed E-state index contributed by atoms with van der Waals surface area (Å²) in [4.78, 5) is 3.46. The van der Waals surface area contributed by atoms with Crippen molar-refractivity contribution in [2.45, 2.75) is 56.7 Å². The molecular weight excluding hydrogens is 332 g/mol. The number of nitrogens with one attached hydrogen (secondary N) is 2. The molecule has 1 heterocycles. The fourth-order valence-corrected chi connectivity index (χ4v) is 4.45. The number of halogens is 1. The molecule has 1 aliphatic carbocycles. The predicted molar refractivity (Wildman–Crippen MR) is 95.5 cm³/mol. The lowest BCUT2D eigenvalue weighted by molar-refractivity contribution is 0.370. The van der Waals surface area contributed by atoms with E-state index >= 15 is 0 Å². The Balaban J connectivity index is 1.67. The van der Waals surface area contributed by atoms with Crippen molar-refractivity contribution in [1.29, 1.82) is 0 Å². The molecule has 2 N–H and O–H groups in total. The average Bonchev–Trinajstić information content (AvgIpc) is 2.93. The first-order valence-corrected chi connectivity index (χ1v) is 10.1. The van der Waals surface area contributed by atoms with Crippen molar-refractivity contribution in [2.24, 2.45) is 0 Å². The van der Waals surface area contributed by atoms with Crippen LogP contribution in [-0.2, 0) is 10.0 Å². The molecule has 0 aliphatic heterocycles. The first kappa shape index (κ1) is 16.8. The van der Waals surface area contributed by atoms with Crippen LogP contribution in [0.3, 0.4) is 0 Å². The van der Waals surface area contributed by atoms with E-state index in [0.717, 1.165) is 41.6 Å². The van der Waals surface area contributed by atoms with Gasteiger partial charge in [0.05, 0.1) is 5.25 Å². The fourth-order valence-electron chi connectivity index (χ4n) is 3.25. The van der Waals surface area contributed by atoms with E-state index < -0.39 is 10.0 Å². The van der Waals surface area contributed by atoms with Crippen LogP contribution >= 0.6 is 11.6 Å². The largest absolute Gasteiger partial charge is 0.358 e. The van der Waals surface area contributed by atoms with E-state index in [2.05, 4.69) is 15.8 Å². The molecule has 0 bridgehead atoms. The highest BCUT2D eigenvalue weighted by molar-refractivity contribution is 7.90. The first-order valence-electron chi connectivity index (χ1n) is 8.15. The lowest BCUT2D eigenvalue weighted by Gasteiger charge is -2.29. The Kier molecular flexibility index (Phi) is 4.72. The van der Waals surface area contributed by atoms with Crippen molar-refractivity contribution >= 4 is 32.5 Å². The molecule has 6 heteroatoms. The van der Waals surface area contributed by atoms with Gasteiger partial charge in [0.2, 0.25) is 10.0 Å². The van der Waals surface area contributed by atoms with Crippen LogP contribution in [0.5, 0.6) is 0 Å². The summed E-state index contributed by atoms with van der Waals surface area (Å²) in [6.07, 6.45) is 3.71. The van der Waals surface area contributed by atoms with Crippen LogP contribution in [0, 0.1) is 0 Å². The Morgan fingerprint density at radius 2 is 1.91 bits per heavy atom. The van der Waals surface area contributed by atoms with E-state index in [1.165, 1.54) is 5.69 Å². The molecule has 0 spiro atoms. The molecule has 2 aromatic rings. The Morgan fingerprint density at radius 1 is 1.22 bits per heavy atom. The number of aromatic amines is 1. The number of H-pyrrole nitrogens is 1. The molecule has 0 saturated heterocycles. The van der Waals surface area contributed by atoms with Gasteiger partial charge in [-0.25, -0.2) is 13.1 Å². The van der Waals surface area contributed by atoms with Gasteiger partial charge in [-0.2, -0.15) is 0 Å². The zero-order valence-corrected chi connectivity index (χ0v) is 15.0. The SMILES string of the molecule is CC(C)S(=O)(=O)NC1CCC(c2cc3c(Cl)cccc3[nH]2)CC1. The molecule has 1 aromatic carbocycles. The summed E-state index contributed by atoms with van der Waals surface area (Å²) in [6, 6.07) is 8.09. The summed E-state index contributed by atoms with van der Waals surface area (Å²) in [5, 5.41) is 1.45. The van der Waals surface area contributed by atoms with Crippen molar-refractivity contribution in [3.63, 3.8) is 0 Å². The van der Waals surface area contributed by atoms with Gasteiger partial charge in [-0.15, -0.1) is 0 Å². The third-order valence-electron chi connectivity index (χ3n) is 4.75. The van der Waals surface area contributed by atoms with Crippen LogP contribution in [0.2, 0.25) is 5.02 Å². The molecule has 126 valence electrons. The number of hydrogen-bond donors (Lipinski definition) is 2. The minimum Gasteiger partial charge on any atom is -0.358 e.